The van der Waals surface area contributed by atoms with Gasteiger partial charge in [-0.1, -0.05) is 35.9 Å². The minimum atomic E-state index is -0.135. The van der Waals surface area contributed by atoms with Crippen molar-refractivity contribution in [3.63, 3.8) is 0 Å². The molecule has 0 aliphatic heterocycles. The van der Waals surface area contributed by atoms with Gasteiger partial charge in [-0.25, -0.2) is 9.97 Å². The van der Waals surface area contributed by atoms with Gasteiger partial charge in [0.05, 0.1) is 21.3 Å². The molecule has 4 rings (SSSR count). The molecule has 0 bridgehead atoms. The van der Waals surface area contributed by atoms with Crippen LogP contribution in [0.1, 0.15) is 5.69 Å². The van der Waals surface area contributed by atoms with Crippen molar-refractivity contribution in [3.8, 4) is 0 Å². The van der Waals surface area contributed by atoms with Crippen molar-refractivity contribution in [2.24, 2.45) is 0 Å². The molecule has 4 nitrogen and oxygen atoms in total. The van der Waals surface area contributed by atoms with Gasteiger partial charge >= 0.3 is 0 Å². The molecule has 3 aromatic heterocycles. The summed E-state index contributed by atoms with van der Waals surface area (Å²) in [6.07, 6.45) is 1.58. The molecule has 0 radical (unpaired) electrons. The number of para-hydroxylation sites is 1. The lowest BCUT2D eigenvalue weighted by Gasteiger charge is -2.05. The van der Waals surface area contributed by atoms with Crippen LogP contribution in [0, 0.1) is 0 Å². The van der Waals surface area contributed by atoms with E-state index in [9.17, 15) is 4.79 Å². The molecule has 24 heavy (non-hydrogen) atoms. The highest BCUT2D eigenvalue weighted by atomic mass is 35.5. The maximum Gasteiger partial charge on any atom is 0.258 e. The van der Waals surface area contributed by atoms with Crippen LogP contribution in [-0.4, -0.2) is 14.4 Å². The largest absolute Gasteiger partial charge is 0.269 e. The Labute approximate surface area is 147 Å². The Kier molecular flexibility index (Phi) is 3.96. The molecule has 118 valence electrons. The summed E-state index contributed by atoms with van der Waals surface area (Å²) in [5.74, 6) is 0.583. The summed E-state index contributed by atoms with van der Waals surface area (Å²) in [5, 5.41) is 2.53. The second kappa shape index (κ2) is 6.26. The highest BCUT2D eigenvalue weighted by Crippen LogP contribution is 2.22. The fraction of sp³-hybridized carbons (Fsp3) is 0.0556. The van der Waals surface area contributed by atoms with Crippen LogP contribution in [-0.2, 0) is 5.75 Å². The first-order valence-corrected chi connectivity index (χ1v) is 8.72. The molecule has 1 aromatic carbocycles. The van der Waals surface area contributed by atoms with Crippen LogP contribution in [0.15, 0.2) is 70.6 Å². The number of nitrogens with zero attached hydrogens (tertiary/aromatic N) is 3. The Bertz CT molecular complexity index is 1110. The van der Waals surface area contributed by atoms with Crippen LogP contribution in [0.4, 0.5) is 0 Å². The zero-order chi connectivity index (χ0) is 16.5. The van der Waals surface area contributed by atoms with Crippen molar-refractivity contribution in [1.29, 1.82) is 0 Å². The van der Waals surface area contributed by atoms with Gasteiger partial charge in [-0.2, -0.15) is 0 Å². The van der Waals surface area contributed by atoms with E-state index in [1.807, 2.05) is 30.3 Å². The summed E-state index contributed by atoms with van der Waals surface area (Å²) >= 11 is 7.48. The van der Waals surface area contributed by atoms with Crippen LogP contribution < -0.4 is 5.56 Å². The number of halogens is 1. The molecule has 0 unspecified atom stereocenters. The fourth-order valence-corrected chi connectivity index (χ4v) is 3.41. The molecular weight excluding hydrogens is 342 g/mol. The number of aromatic nitrogens is 3. The van der Waals surface area contributed by atoms with Crippen molar-refractivity contribution < 1.29 is 0 Å². The molecule has 3 heterocycles. The highest BCUT2D eigenvalue weighted by molar-refractivity contribution is 7.98. The lowest BCUT2D eigenvalue weighted by atomic mass is 10.2. The molecule has 0 saturated heterocycles. The molecule has 0 aliphatic rings. The van der Waals surface area contributed by atoms with Gasteiger partial charge in [0.15, 0.2) is 0 Å². The predicted octanol–water partition coefficient (Wildman–Crippen LogP) is 4.19. The van der Waals surface area contributed by atoms with E-state index in [-0.39, 0.29) is 5.56 Å². The number of benzene rings is 1. The minimum Gasteiger partial charge on any atom is -0.269 e. The number of thioether (sulfide) groups is 1. The van der Waals surface area contributed by atoms with Gasteiger partial charge in [0.25, 0.3) is 5.56 Å². The van der Waals surface area contributed by atoms with Gasteiger partial charge in [0.2, 0.25) is 0 Å². The van der Waals surface area contributed by atoms with E-state index in [1.54, 1.807) is 30.1 Å². The Hall–Kier alpha value is -2.37. The first kappa shape index (κ1) is 15.2. The lowest BCUT2D eigenvalue weighted by molar-refractivity contribution is 1.01. The molecule has 0 amide bonds. The summed E-state index contributed by atoms with van der Waals surface area (Å²) in [6.45, 7) is 0. The van der Waals surface area contributed by atoms with Crippen molar-refractivity contribution >= 4 is 39.9 Å². The summed E-state index contributed by atoms with van der Waals surface area (Å²) in [5.41, 5.74) is 2.14. The van der Waals surface area contributed by atoms with Crippen molar-refractivity contribution in [2.45, 2.75) is 10.8 Å². The van der Waals surface area contributed by atoms with E-state index in [0.29, 0.717) is 16.4 Å². The van der Waals surface area contributed by atoms with E-state index in [1.165, 1.54) is 10.5 Å². The van der Waals surface area contributed by atoms with Crippen molar-refractivity contribution in [1.82, 2.24) is 14.4 Å². The number of hydrogen-bond donors (Lipinski definition) is 0. The fourth-order valence-electron chi connectivity index (χ4n) is 2.48. The molecule has 0 fully saturated rings. The topological polar surface area (TPSA) is 47.3 Å². The first-order valence-electron chi connectivity index (χ1n) is 7.35. The Balaban J connectivity index is 1.61. The van der Waals surface area contributed by atoms with Gasteiger partial charge in [-0.05, 0) is 24.3 Å². The summed E-state index contributed by atoms with van der Waals surface area (Å²) < 4.78 is 1.45. The van der Waals surface area contributed by atoms with Crippen LogP contribution in [0.5, 0.6) is 0 Å². The van der Waals surface area contributed by atoms with E-state index < -0.39 is 0 Å². The van der Waals surface area contributed by atoms with Crippen LogP contribution >= 0.6 is 23.4 Å². The normalized spacial score (nSPS) is 11.2. The number of pyridine rings is 2. The third kappa shape index (κ3) is 3.00. The Morgan fingerprint density at radius 1 is 1.04 bits per heavy atom. The molecule has 4 aromatic rings. The second-order valence-corrected chi connectivity index (χ2v) is 6.72. The first-order chi connectivity index (χ1) is 11.7. The monoisotopic (exact) mass is 353 g/mol. The highest BCUT2D eigenvalue weighted by Gasteiger charge is 2.05. The van der Waals surface area contributed by atoms with Gasteiger partial charge in [-0.15, -0.1) is 11.8 Å². The number of hydrogen-bond acceptors (Lipinski definition) is 4. The van der Waals surface area contributed by atoms with Gasteiger partial charge in [0, 0.05) is 23.4 Å². The molecule has 0 N–H and O–H groups in total. The number of fused-ring (bicyclic) bond motifs is 2. The Morgan fingerprint density at radius 3 is 2.83 bits per heavy atom. The average molecular weight is 354 g/mol. The van der Waals surface area contributed by atoms with Gasteiger partial charge in [-0.3, -0.25) is 9.20 Å². The summed E-state index contributed by atoms with van der Waals surface area (Å²) in [7, 11) is 0. The quantitative estimate of drug-likeness (QED) is 0.518. The predicted molar refractivity (Wildman–Crippen MR) is 97.8 cm³/mol. The van der Waals surface area contributed by atoms with Gasteiger partial charge < -0.3 is 0 Å². The average Bonchev–Trinajstić information content (AvgIpc) is 2.60. The van der Waals surface area contributed by atoms with E-state index in [0.717, 1.165) is 21.6 Å². The van der Waals surface area contributed by atoms with Gasteiger partial charge in [0.1, 0.15) is 5.65 Å². The SMILES string of the molecule is O=c1cc(CSc2ccc3ccccc3n2)nc2ccc(Cl)cn12. The van der Waals surface area contributed by atoms with Crippen LogP contribution in [0.2, 0.25) is 5.02 Å². The van der Waals surface area contributed by atoms with Crippen LogP contribution in [0.25, 0.3) is 16.6 Å². The molecule has 0 atom stereocenters. The third-order valence-electron chi connectivity index (χ3n) is 3.62. The molecule has 0 spiro atoms. The van der Waals surface area contributed by atoms with Crippen molar-refractivity contribution in [2.75, 3.05) is 0 Å². The standard InChI is InChI=1S/C18H12ClN3OS/c19-13-6-7-16-20-14(9-18(23)22(16)10-13)11-24-17-8-5-12-3-1-2-4-15(12)21-17/h1-10H,11H2. The zero-order valence-corrected chi connectivity index (χ0v) is 14.1. The lowest BCUT2D eigenvalue weighted by Crippen LogP contribution is -2.15. The van der Waals surface area contributed by atoms with Crippen molar-refractivity contribution in [3.05, 3.63) is 81.9 Å². The second-order valence-electron chi connectivity index (χ2n) is 5.29. The van der Waals surface area contributed by atoms with Crippen LogP contribution in [0.3, 0.4) is 0 Å². The summed E-state index contributed by atoms with van der Waals surface area (Å²) in [4.78, 5) is 21.3. The molecular formula is C18H12ClN3OS. The van der Waals surface area contributed by atoms with E-state index in [4.69, 9.17) is 11.6 Å². The zero-order valence-electron chi connectivity index (χ0n) is 12.5. The maximum absolute atomic E-state index is 12.2. The summed E-state index contributed by atoms with van der Waals surface area (Å²) in [6, 6.07) is 17.0. The third-order valence-corrected chi connectivity index (χ3v) is 4.80. The minimum absolute atomic E-state index is 0.135. The molecule has 6 heteroatoms. The Morgan fingerprint density at radius 2 is 1.92 bits per heavy atom. The molecule has 0 aliphatic carbocycles. The maximum atomic E-state index is 12.2. The smallest absolute Gasteiger partial charge is 0.258 e. The number of rotatable bonds is 3. The van der Waals surface area contributed by atoms with E-state index >= 15 is 0 Å². The molecule has 0 saturated carbocycles. The van der Waals surface area contributed by atoms with E-state index in [2.05, 4.69) is 16.0 Å².